The Bertz CT molecular complexity index is 424. The molecule has 1 unspecified atom stereocenters. The molecule has 114 valence electrons. The van der Waals surface area contributed by atoms with E-state index in [1.165, 1.54) is 16.7 Å². The van der Waals surface area contributed by atoms with E-state index in [1.807, 2.05) is 13.0 Å². The minimum atomic E-state index is 0. The summed E-state index contributed by atoms with van der Waals surface area (Å²) in [6.45, 7) is 7.79. The van der Waals surface area contributed by atoms with Crippen LogP contribution in [0.4, 0.5) is 0 Å². The molecule has 0 heterocycles. The van der Waals surface area contributed by atoms with E-state index >= 15 is 0 Å². The van der Waals surface area contributed by atoms with E-state index in [-0.39, 0.29) is 24.4 Å². The molecule has 2 N–H and O–H groups in total. The highest BCUT2D eigenvalue weighted by molar-refractivity contribution is 5.85. The van der Waals surface area contributed by atoms with Crippen LogP contribution in [0.5, 0.6) is 0 Å². The molecule has 0 fully saturated rings. The van der Waals surface area contributed by atoms with Gasteiger partial charge in [0.05, 0.1) is 19.2 Å². The number of hydrogen-bond donors (Lipinski definition) is 2. The highest BCUT2D eigenvalue weighted by Crippen LogP contribution is 2.19. The van der Waals surface area contributed by atoms with Crippen LogP contribution < -0.4 is 10.6 Å². The number of carbonyl (C=O) groups excluding carboxylic acids is 1. The molecule has 5 heteroatoms. The number of amides is 1. The van der Waals surface area contributed by atoms with Crippen molar-refractivity contribution in [2.75, 3.05) is 26.8 Å². The van der Waals surface area contributed by atoms with Crippen LogP contribution in [-0.2, 0) is 9.53 Å². The number of benzene rings is 1. The van der Waals surface area contributed by atoms with Crippen LogP contribution >= 0.6 is 12.4 Å². The van der Waals surface area contributed by atoms with E-state index in [0.29, 0.717) is 19.7 Å². The van der Waals surface area contributed by atoms with Gasteiger partial charge in [-0.15, -0.1) is 12.4 Å². The van der Waals surface area contributed by atoms with Gasteiger partial charge < -0.3 is 15.4 Å². The van der Waals surface area contributed by atoms with Crippen LogP contribution in [0.25, 0.3) is 0 Å². The largest absolute Gasteiger partial charge is 0.383 e. The molecule has 0 radical (unpaired) electrons. The van der Waals surface area contributed by atoms with Gasteiger partial charge in [-0.05, 0) is 37.5 Å². The molecule has 0 aromatic heterocycles. The lowest BCUT2D eigenvalue weighted by atomic mass is 9.98. The second-order valence-corrected chi connectivity index (χ2v) is 4.75. The number of aryl methyl sites for hydroxylation is 1. The molecule has 1 aromatic rings. The zero-order valence-electron chi connectivity index (χ0n) is 12.7. The Morgan fingerprint density at radius 3 is 2.70 bits per heavy atom. The summed E-state index contributed by atoms with van der Waals surface area (Å²) in [6, 6.07) is 6.19. The van der Waals surface area contributed by atoms with Crippen molar-refractivity contribution >= 4 is 18.3 Å². The number of hydrogen-bond acceptors (Lipinski definition) is 3. The van der Waals surface area contributed by atoms with Crippen molar-refractivity contribution in [3.63, 3.8) is 0 Å². The fraction of sp³-hybridized carbons (Fsp3) is 0.533. The number of carbonyl (C=O) groups is 1. The summed E-state index contributed by atoms with van der Waals surface area (Å²) < 4.78 is 4.91. The lowest BCUT2D eigenvalue weighted by Crippen LogP contribution is -2.36. The van der Waals surface area contributed by atoms with Crippen LogP contribution in [0.15, 0.2) is 18.2 Å². The molecule has 20 heavy (non-hydrogen) atoms. The summed E-state index contributed by atoms with van der Waals surface area (Å²) in [5.74, 6) is 0.00418. The Labute approximate surface area is 127 Å². The maximum Gasteiger partial charge on any atom is 0.234 e. The third-order valence-corrected chi connectivity index (χ3v) is 3.26. The van der Waals surface area contributed by atoms with Crippen LogP contribution in [0.1, 0.15) is 29.7 Å². The highest BCUT2D eigenvalue weighted by atomic mass is 35.5. The Morgan fingerprint density at radius 2 is 2.05 bits per heavy atom. The van der Waals surface area contributed by atoms with E-state index in [0.717, 1.165) is 0 Å². The molecule has 1 atom stereocenters. The zero-order chi connectivity index (χ0) is 14.3. The van der Waals surface area contributed by atoms with Gasteiger partial charge in [-0.2, -0.15) is 0 Å². The Kier molecular flexibility index (Phi) is 9.21. The first kappa shape index (κ1) is 18.9. The fourth-order valence-corrected chi connectivity index (χ4v) is 1.99. The highest BCUT2D eigenvalue weighted by Gasteiger charge is 2.11. The van der Waals surface area contributed by atoms with Crippen LogP contribution in [0.3, 0.4) is 0 Å². The third-order valence-electron chi connectivity index (χ3n) is 3.26. The first-order valence-electron chi connectivity index (χ1n) is 6.61. The summed E-state index contributed by atoms with van der Waals surface area (Å²) in [5.41, 5.74) is 3.66. The topological polar surface area (TPSA) is 50.4 Å². The second-order valence-electron chi connectivity index (χ2n) is 4.75. The molecule has 0 aliphatic carbocycles. The number of nitrogens with one attached hydrogen (secondary N) is 2. The van der Waals surface area contributed by atoms with E-state index < -0.39 is 0 Å². The standard InChI is InChI=1S/C15H24N2O2.ClH/c1-11-6-5-7-14(12(11)2)13(3)17-15(18)10-16-8-9-19-4;/h5-7,13,16H,8-10H2,1-4H3,(H,17,18);1H. The van der Waals surface area contributed by atoms with Gasteiger partial charge in [-0.25, -0.2) is 0 Å². The number of halogens is 1. The van der Waals surface area contributed by atoms with Crippen molar-refractivity contribution in [1.82, 2.24) is 10.6 Å². The van der Waals surface area contributed by atoms with Crippen LogP contribution in [-0.4, -0.2) is 32.7 Å². The average Bonchev–Trinajstić information content (AvgIpc) is 2.38. The maximum absolute atomic E-state index is 11.8. The first-order valence-corrected chi connectivity index (χ1v) is 6.61. The number of methoxy groups -OCH3 is 1. The van der Waals surface area contributed by atoms with Gasteiger partial charge >= 0.3 is 0 Å². The van der Waals surface area contributed by atoms with Crippen LogP contribution in [0.2, 0.25) is 0 Å². The molecule has 0 aliphatic rings. The Balaban J connectivity index is 0.00000361. The molecule has 4 nitrogen and oxygen atoms in total. The average molecular weight is 301 g/mol. The van der Waals surface area contributed by atoms with Gasteiger partial charge in [-0.1, -0.05) is 18.2 Å². The fourth-order valence-electron chi connectivity index (χ4n) is 1.99. The third kappa shape index (κ3) is 5.90. The molecule has 0 aliphatic heterocycles. The second kappa shape index (κ2) is 9.75. The van der Waals surface area contributed by atoms with Crippen molar-refractivity contribution in [1.29, 1.82) is 0 Å². The normalized spacial score (nSPS) is 11.6. The predicted octanol–water partition coefficient (Wildman–Crippen LogP) is 2.14. The van der Waals surface area contributed by atoms with Gasteiger partial charge in [0.1, 0.15) is 0 Å². The Hall–Kier alpha value is -1.10. The maximum atomic E-state index is 11.8. The zero-order valence-corrected chi connectivity index (χ0v) is 13.5. The predicted molar refractivity (Wildman–Crippen MR) is 84.5 cm³/mol. The summed E-state index contributed by atoms with van der Waals surface area (Å²) >= 11 is 0. The van der Waals surface area contributed by atoms with Crippen molar-refractivity contribution in [2.24, 2.45) is 0 Å². The lowest BCUT2D eigenvalue weighted by Gasteiger charge is -2.18. The summed E-state index contributed by atoms with van der Waals surface area (Å²) in [5, 5.41) is 6.03. The van der Waals surface area contributed by atoms with Crippen molar-refractivity contribution in [3.05, 3.63) is 34.9 Å². The molecule has 0 saturated carbocycles. The minimum Gasteiger partial charge on any atom is -0.383 e. The number of ether oxygens (including phenoxy) is 1. The lowest BCUT2D eigenvalue weighted by molar-refractivity contribution is -0.120. The van der Waals surface area contributed by atoms with E-state index in [2.05, 4.69) is 36.6 Å². The van der Waals surface area contributed by atoms with Gasteiger partial charge in [0.15, 0.2) is 0 Å². The molecular weight excluding hydrogens is 276 g/mol. The van der Waals surface area contributed by atoms with Crippen molar-refractivity contribution in [3.8, 4) is 0 Å². The van der Waals surface area contributed by atoms with E-state index in [9.17, 15) is 4.79 Å². The van der Waals surface area contributed by atoms with Gasteiger partial charge in [0, 0.05) is 13.7 Å². The smallest absolute Gasteiger partial charge is 0.234 e. The molecule has 0 spiro atoms. The molecule has 1 amide bonds. The molecule has 0 saturated heterocycles. The van der Waals surface area contributed by atoms with Gasteiger partial charge in [0.25, 0.3) is 0 Å². The first-order chi connectivity index (χ1) is 9.06. The number of rotatable bonds is 7. The summed E-state index contributed by atoms with van der Waals surface area (Å²) in [7, 11) is 1.64. The minimum absolute atomic E-state index is 0. The summed E-state index contributed by atoms with van der Waals surface area (Å²) in [4.78, 5) is 11.8. The molecule has 1 aromatic carbocycles. The monoisotopic (exact) mass is 300 g/mol. The molecule has 1 rings (SSSR count). The van der Waals surface area contributed by atoms with Crippen molar-refractivity contribution < 1.29 is 9.53 Å². The van der Waals surface area contributed by atoms with E-state index in [4.69, 9.17) is 4.74 Å². The van der Waals surface area contributed by atoms with Crippen molar-refractivity contribution in [2.45, 2.75) is 26.8 Å². The van der Waals surface area contributed by atoms with Gasteiger partial charge in [0.2, 0.25) is 5.91 Å². The summed E-state index contributed by atoms with van der Waals surface area (Å²) in [6.07, 6.45) is 0. The Morgan fingerprint density at radius 1 is 1.35 bits per heavy atom. The molecule has 0 bridgehead atoms. The van der Waals surface area contributed by atoms with E-state index in [1.54, 1.807) is 7.11 Å². The quantitative estimate of drug-likeness (QED) is 0.759. The SMILES string of the molecule is COCCNCC(=O)NC(C)c1cccc(C)c1C.Cl. The van der Waals surface area contributed by atoms with Crippen LogP contribution in [0, 0.1) is 13.8 Å². The molecular formula is C15H25ClN2O2. The van der Waals surface area contributed by atoms with Gasteiger partial charge in [-0.3, -0.25) is 4.79 Å².